The molecule has 0 radical (unpaired) electrons. The number of hydrogen-bond acceptors (Lipinski definition) is 2. The van der Waals surface area contributed by atoms with Crippen LogP contribution in [0.3, 0.4) is 0 Å². The molecule has 0 spiro atoms. The summed E-state index contributed by atoms with van der Waals surface area (Å²) in [6.45, 7) is 2.29. The first-order chi connectivity index (χ1) is 11.2. The number of rotatable bonds is 8. The molecular formula is C21H32O2. The molecule has 1 saturated carbocycles. The van der Waals surface area contributed by atoms with Gasteiger partial charge in [0.2, 0.25) is 0 Å². The molecule has 23 heavy (non-hydrogen) atoms. The average Bonchev–Trinajstić information content (AvgIpc) is 2.61. The van der Waals surface area contributed by atoms with Gasteiger partial charge >= 0.3 is 5.97 Å². The Kier molecular flexibility index (Phi) is 7.64. The number of benzene rings is 1. The van der Waals surface area contributed by atoms with Crippen LogP contribution in [-0.2, 0) is 11.2 Å². The lowest BCUT2D eigenvalue weighted by Gasteiger charge is -2.28. The minimum absolute atomic E-state index is 0.252. The van der Waals surface area contributed by atoms with Gasteiger partial charge < -0.3 is 4.74 Å². The fourth-order valence-corrected chi connectivity index (χ4v) is 3.79. The Morgan fingerprint density at radius 1 is 1.00 bits per heavy atom. The third-order valence-corrected chi connectivity index (χ3v) is 5.40. The molecule has 0 atom stereocenters. The monoisotopic (exact) mass is 316 g/mol. The smallest absolute Gasteiger partial charge is 0.337 e. The zero-order valence-corrected chi connectivity index (χ0v) is 14.9. The highest BCUT2D eigenvalue weighted by Gasteiger charge is 2.20. The summed E-state index contributed by atoms with van der Waals surface area (Å²) in [7, 11) is 1.43. The molecule has 2 heteroatoms. The summed E-state index contributed by atoms with van der Waals surface area (Å²) in [5.74, 6) is 1.65. The predicted molar refractivity (Wildman–Crippen MR) is 95.7 cm³/mol. The topological polar surface area (TPSA) is 26.3 Å². The van der Waals surface area contributed by atoms with E-state index in [1.165, 1.54) is 70.5 Å². The van der Waals surface area contributed by atoms with E-state index in [9.17, 15) is 4.79 Å². The first-order valence-corrected chi connectivity index (χ1v) is 9.40. The third kappa shape index (κ3) is 6.01. The van der Waals surface area contributed by atoms with Gasteiger partial charge in [-0.15, -0.1) is 0 Å². The van der Waals surface area contributed by atoms with E-state index in [1.807, 2.05) is 12.1 Å². The van der Waals surface area contributed by atoms with Gasteiger partial charge in [0.05, 0.1) is 12.7 Å². The van der Waals surface area contributed by atoms with Gasteiger partial charge in [0.15, 0.2) is 0 Å². The lowest BCUT2D eigenvalue weighted by atomic mass is 9.78. The lowest BCUT2D eigenvalue weighted by molar-refractivity contribution is 0.0600. The Bertz CT molecular complexity index is 455. The molecule has 0 heterocycles. The van der Waals surface area contributed by atoms with Crippen molar-refractivity contribution in [2.45, 2.75) is 71.1 Å². The summed E-state index contributed by atoms with van der Waals surface area (Å²) in [5, 5.41) is 0. The van der Waals surface area contributed by atoms with Gasteiger partial charge in [-0.1, -0.05) is 70.4 Å². The minimum Gasteiger partial charge on any atom is -0.465 e. The number of hydrogen-bond donors (Lipinski definition) is 0. The molecule has 1 aromatic carbocycles. The van der Waals surface area contributed by atoms with E-state index in [0.717, 1.165) is 18.3 Å². The second kappa shape index (κ2) is 9.75. The Labute approximate surface area is 141 Å². The van der Waals surface area contributed by atoms with Crippen LogP contribution in [0, 0.1) is 11.8 Å². The van der Waals surface area contributed by atoms with Crippen molar-refractivity contribution in [2.75, 3.05) is 7.11 Å². The summed E-state index contributed by atoms with van der Waals surface area (Å²) in [5.41, 5.74) is 1.98. The van der Waals surface area contributed by atoms with Crippen molar-refractivity contribution in [1.82, 2.24) is 0 Å². The normalized spacial score (nSPS) is 21.1. The quantitative estimate of drug-likeness (QED) is 0.448. The van der Waals surface area contributed by atoms with Gasteiger partial charge in [-0.25, -0.2) is 4.79 Å². The zero-order chi connectivity index (χ0) is 16.5. The van der Waals surface area contributed by atoms with Gasteiger partial charge in [-0.2, -0.15) is 0 Å². The van der Waals surface area contributed by atoms with Crippen LogP contribution in [0.4, 0.5) is 0 Å². The lowest BCUT2D eigenvalue weighted by Crippen LogP contribution is -2.15. The molecule has 0 aliphatic heterocycles. The number of unbranched alkanes of at least 4 members (excludes halogenated alkanes) is 2. The highest BCUT2D eigenvalue weighted by Crippen LogP contribution is 2.34. The molecule has 2 rings (SSSR count). The van der Waals surface area contributed by atoms with Crippen LogP contribution in [0.5, 0.6) is 0 Å². The van der Waals surface area contributed by atoms with Crippen LogP contribution >= 0.6 is 0 Å². The van der Waals surface area contributed by atoms with Gasteiger partial charge in [-0.3, -0.25) is 0 Å². The fraction of sp³-hybridized carbons (Fsp3) is 0.667. The van der Waals surface area contributed by atoms with Gasteiger partial charge in [0.25, 0.3) is 0 Å². The summed E-state index contributed by atoms with van der Waals surface area (Å²) >= 11 is 0. The van der Waals surface area contributed by atoms with Crippen molar-refractivity contribution in [1.29, 1.82) is 0 Å². The number of methoxy groups -OCH3 is 1. The molecule has 2 nitrogen and oxygen atoms in total. The Morgan fingerprint density at radius 2 is 1.61 bits per heavy atom. The molecule has 0 aromatic heterocycles. The predicted octanol–water partition coefficient (Wildman–Crippen LogP) is 5.79. The molecular weight excluding hydrogens is 284 g/mol. The van der Waals surface area contributed by atoms with Gasteiger partial charge in [0.1, 0.15) is 0 Å². The van der Waals surface area contributed by atoms with Crippen molar-refractivity contribution < 1.29 is 9.53 Å². The second-order valence-corrected chi connectivity index (χ2v) is 7.11. The SMILES string of the molecule is CCCCC[C@H]1CC[C@H](CCc2ccc(C(=O)OC)cc2)CC1. The van der Waals surface area contributed by atoms with Crippen LogP contribution in [0.1, 0.15) is 80.6 Å². The summed E-state index contributed by atoms with van der Waals surface area (Å²) in [4.78, 5) is 11.4. The molecule has 1 fully saturated rings. The first-order valence-electron chi connectivity index (χ1n) is 9.40. The van der Waals surface area contributed by atoms with E-state index in [4.69, 9.17) is 4.74 Å². The highest BCUT2D eigenvalue weighted by molar-refractivity contribution is 5.89. The van der Waals surface area contributed by atoms with Crippen LogP contribution in [0.15, 0.2) is 24.3 Å². The standard InChI is InChI=1S/C21H32O2/c1-3-4-5-6-17-7-9-18(10-8-17)11-12-19-13-15-20(16-14-19)21(22)23-2/h13-18H,3-12H2,1-2H3/t17-,18-. The summed E-state index contributed by atoms with van der Waals surface area (Å²) in [6.07, 6.45) is 13.8. The van der Waals surface area contributed by atoms with Gasteiger partial charge in [0, 0.05) is 0 Å². The van der Waals surface area contributed by atoms with E-state index < -0.39 is 0 Å². The summed E-state index contributed by atoms with van der Waals surface area (Å²) < 4.78 is 4.74. The summed E-state index contributed by atoms with van der Waals surface area (Å²) in [6, 6.07) is 7.91. The van der Waals surface area contributed by atoms with Crippen LogP contribution in [0.25, 0.3) is 0 Å². The van der Waals surface area contributed by atoms with E-state index in [0.29, 0.717) is 5.56 Å². The van der Waals surface area contributed by atoms with Crippen molar-refractivity contribution in [3.63, 3.8) is 0 Å². The second-order valence-electron chi connectivity index (χ2n) is 7.11. The maximum absolute atomic E-state index is 11.4. The Balaban J connectivity index is 1.68. The maximum Gasteiger partial charge on any atom is 0.337 e. The van der Waals surface area contributed by atoms with Crippen molar-refractivity contribution >= 4 is 5.97 Å². The fourth-order valence-electron chi connectivity index (χ4n) is 3.79. The number of esters is 1. The third-order valence-electron chi connectivity index (χ3n) is 5.40. The van der Waals surface area contributed by atoms with Crippen molar-refractivity contribution in [3.8, 4) is 0 Å². The Hall–Kier alpha value is -1.31. The number of carbonyl (C=O) groups excluding carboxylic acids is 1. The van der Waals surface area contributed by atoms with Crippen molar-refractivity contribution in [3.05, 3.63) is 35.4 Å². The number of carbonyl (C=O) groups is 1. The molecule has 0 saturated heterocycles. The average molecular weight is 316 g/mol. The zero-order valence-electron chi connectivity index (χ0n) is 14.9. The van der Waals surface area contributed by atoms with Crippen LogP contribution in [0.2, 0.25) is 0 Å². The molecule has 1 aliphatic rings. The van der Waals surface area contributed by atoms with E-state index in [-0.39, 0.29) is 5.97 Å². The minimum atomic E-state index is -0.252. The van der Waals surface area contributed by atoms with Crippen LogP contribution < -0.4 is 0 Å². The number of aryl methyl sites for hydroxylation is 1. The van der Waals surface area contributed by atoms with E-state index in [2.05, 4.69) is 19.1 Å². The molecule has 0 N–H and O–H groups in total. The Morgan fingerprint density at radius 3 is 2.17 bits per heavy atom. The molecule has 128 valence electrons. The molecule has 0 amide bonds. The van der Waals surface area contributed by atoms with E-state index in [1.54, 1.807) is 0 Å². The maximum atomic E-state index is 11.4. The molecule has 1 aromatic rings. The first kappa shape index (κ1) is 18.0. The van der Waals surface area contributed by atoms with E-state index >= 15 is 0 Å². The highest BCUT2D eigenvalue weighted by atomic mass is 16.5. The van der Waals surface area contributed by atoms with Crippen molar-refractivity contribution in [2.24, 2.45) is 11.8 Å². The largest absolute Gasteiger partial charge is 0.465 e. The van der Waals surface area contributed by atoms with Crippen LogP contribution in [-0.4, -0.2) is 13.1 Å². The molecule has 0 bridgehead atoms. The number of ether oxygens (including phenoxy) is 1. The van der Waals surface area contributed by atoms with Gasteiger partial charge in [-0.05, 0) is 42.4 Å². The molecule has 0 unspecified atom stereocenters. The molecule has 1 aliphatic carbocycles.